The summed E-state index contributed by atoms with van der Waals surface area (Å²) in [7, 11) is -3.52. The van der Waals surface area contributed by atoms with Gasteiger partial charge in [0.2, 0.25) is 7.29 Å². The van der Waals surface area contributed by atoms with Crippen molar-refractivity contribution < 1.29 is 4.57 Å². The maximum Gasteiger partial charge on any atom is 0.234 e. The van der Waals surface area contributed by atoms with Crippen molar-refractivity contribution >= 4 is 125 Å². The second-order valence-electron chi connectivity index (χ2n) is 14.0. The van der Waals surface area contributed by atoms with Crippen LogP contribution in [0.5, 0.6) is 0 Å². The smallest absolute Gasteiger partial charge is 0.234 e. The highest BCUT2D eigenvalue weighted by Crippen LogP contribution is 2.54. The van der Waals surface area contributed by atoms with Gasteiger partial charge in [0.05, 0.1) is 22.1 Å². The van der Waals surface area contributed by atoms with Crippen molar-refractivity contribution in [1.29, 1.82) is 0 Å². The molecule has 1 unspecified atom stereocenters. The minimum Gasteiger partial charge on any atom is -0.309 e. The molecule has 0 aliphatic rings. The monoisotopic (exact) mass is 744 g/mol. The first-order valence-electron chi connectivity index (χ1n) is 18.1. The summed E-state index contributed by atoms with van der Waals surface area (Å²) in [6.07, 6.45) is 0. The summed E-state index contributed by atoms with van der Waals surface area (Å²) >= 11 is 3.64. The van der Waals surface area contributed by atoms with E-state index in [1.807, 2.05) is 41.7 Å². The first-order chi connectivity index (χ1) is 26.7. The molecule has 4 aromatic heterocycles. The molecule has 12 aromatic rings. The van der Waals surface area contributed by atoms with E-state index in [0.29, 0.717) is 0 Å². The van der Waals surface area contributed by atoms with Crippen LogP contribution in [0.1, 0.15) is 0 Å². The van der Waals surface area contributed by atoms with Gasteiger partial charge in [-0.1, -0.05) is 103 Å². The molecule has 54 heavy (non-hydrogen) atoms. The third-order valence-corrected chi connectivity index (χ3v) is 16.4. The van der Waals surface area contributed by atoms with Gasteiger partial charge in [-0.05, 0) is 72.8 Å². The lowest BCUT2D eigenvalue weighted by atomic mass is 10.1. The summed E-state index contributed by atoms with van der Waals surface area (Å²) in [5.74, 6) is 0. The van der Waals surface area contributed by atoms with Gasteiger partial charge >= 0.3 is 0 Å². The van der Waals surface area contributed by atoms with Gasteiger partial charge in [-0.3, -0.25) is 8.90 Å². The van der Waals surface area contributed by atoms with Gasteiger partial charge in [-0.25, -0.2) is 0 Å². The molecule has 0 N–H and O–H groups in total. The molecule has 3 nitrogen and oxygen atoms in total. The number of rotatable bonds is 4. The quantitative estimate of drug-likeness (QED) is 0.165. The van der Waals surface area contributed by atoms with Crippen molar-refractivity contribution in [1.82, 2.24) is 8.90 Å². The van der Waals surface area contributed by atoms with Gasteiger partial charge in [0.15, 0.2) is 0 Å². The van der Waals surface area contributed by atoms with E-state index in [2.05, 4.69) is 154 Å². The van der Waals surface area contributed by atoms with Crippen LogP contribution in [0.4, 0.5) is 0 Å². The first kappa shape index (κ1) is 30.5. The number of fused-ring (bicyclic) bond motifs is 14. The fourth-order valence-electron chi connectivity index (χ4n) is 8.88. The second kappa shape index (κ2) is 11.3. The average Bonchev–Trinajstić information content (AvgIpc) is 3.98. The van der Waals surface area contributed by atoms with Gasteiger partial charge < -0.3 is 4.57 Å². The second-order valence-corrected chi connectivity index (χ2v) is 18.7. The number of hydrogen-bond donors (Lipinski definition) is 0. The van der Waals surface area contributed by atoms with Crippen molar-refractivity contribution in [2.24, 2.45) is 0 Å². The molecule has 1 atom stereocenters. The molecule has 0 saturated carbocycles. The van der Waals surface area contributed by atoms with Crippen molar-refractivity contribution in [3.05, 3.63) is 176 Å². The van der Waals surface area contributed by atoms with E-state index < -0.39 is 7.29 Å². The lowest BCUT2D eigenvalue weighted by Crippen LogP contribution is -2.21. The van der Waals surface area contributed by atoms with Crippen molar-refractivity contribution in [3.63, 3.8) is 0 Å². The predicted octanol–water partition coefficient (Wildman–Crippen LogP) is 13.4. The Morgan fingerprint density at radius 1 is 0.370 bits per heavy atom. The van der Waals surface area contributed by atoms with E-state index in [4.69, 9.17) is 0 Å². The number of benzene rings is 8. The van der Waals surface area contributed by atoms with E-state index >= 15 is 4.57 Å². The maximum absolute atomic E-state index is 16.7. The molecule has 254 valence electrons. The first-order valence-corrected chi connectivity index (χ1v) is 21.4. The van der Waals surface area contributed by atoms with Gasteiger partial charge in [0.25, 0.3) is 0 Å². The summed E-state index contributed by atoms with van der Waals surface area (Å²) in [4.78, 5) is 0. The molecule has 0 bridgehead atoms. The number of hydrogen-bond acceptors (Lipinski definition) is 3. The van der Waals surface area contributed by atoms with E-state index in [9.17, 15) is 0 Å². The Bertz CT molecular complexity index is 3530. The zero-order chi connectivity index (χ0) is 35.5. The molecule has 0 amide bonds. The summed E-state index contributed by atoms with van der Waals surface area (Å²) < 4.78 is 26.3. The zero-order valence-electron chi connectivity index (χ0n) is 28.8. The van der Waals surface area contributed by atoms with Gasteiger partial charge in [0.1, 0.15) is 0 Å². The molecule has 0 radical (unpaired) electrons. The molecule has 8 aromatic carbocycles. The minimum atomic E-state index is -3.52. The van der Waals surface area contributed by atoms with Crippen LogP contribution in [-0.4, -0.2) is 8.90 Å². The Kier molecular flexibility index (Phi) is 6.36. The summed E-state index contributed by atoms with van der Waals surface area (Å²) in [6, 6.07) is 62.1. The molecule has 12 rings (SSSR count). The SMILES string of the molecule is O=P(c1ccccc1)(c1ccc(-n2c3ccccc3c3ccc4sc5ccccc5c4c32)cc1)n1c2ccccc2c2ccc3sc4ccccc4c3c21. The van der Waals surface area contributed by atoms with Crippen LogP contribution in [-0.2, 0) is 4.57 Å². The highest BCUT2D eigenvalue weighted by Gasteiger charge is 2.34. The van der Waals surface area contributed by atoms with Crippen molar-refractivity contribution in [2.75, 3.05) is 0 Å². The molecule has 0 aliphatic heterocycles. The number of thiophene rings is 2. The highest BCUT2D eigenvalue weighted by atomic mass is 32.1. The Labute approximate surface area is 318 Å². The molecule has 6 heteroatoms. The maximum atomic E-state index is 16.7. The molecule has 0 aliphatic carbocycles. The Morgan fingerprint density at radius 3 is 1.50 bits per heavy atom. The van der Waals surface area contributed by atoms with Crippen LogP contribution >= 0.6 is 30.0 Å². The number of para-hydroxylation sites is 2. The lowest BCUT2D eigenvalue weighted by molar-refractivity contribution is 0.583. The molecular formula is C48H29N2OPS2. The highest BCUT2D eigenvalue weighted by molar-refractivity contribution is 7.77. The molecule has 0 fully saturated rings. The summed E-state index contributed by atoms with van der Waals surface area (Å²) in [5, 5.41) is 11.2. The Morgan fingerprint density at radius 2 is 0.852 bits per heavy atom. The van der Waals surface area contributed by atoms with E-state index in [1.54, 1.807) is 11.3 Å². The van der Waals surface area contributed by atoms with E-state index in [1.165, 1.54) is 51.2 Å². The fourth-order valence-corrected chi connectivity index (χ4v) is 14.0. The van der Waals surface area contributed by atoms with Crippen molar-refractivity contribution in [2.45, 2.75) is 0 Å². The van der Waals surface area contributed by atoms with E-state index in [0.717, 1.165) is 49.0 Å². The van der Waals surface area contributed by atoms with Crippen LogP contribution in [0.15, 0.2) is 176 Å². The summed E-state index contributed by atoms with van der Waals surface area (Å²) in [6.45, 7) is 0. The summed E-state index contributed by atoms with van der Waals surface area (Å²) in [5.41, 5.74) is 5.40. The van der Waals surface area contributed by atoms with E-state index in [-0.39, 0.29) is 0 Å². The molecular weight excluding hydrogens is 716 g/mol. The normalized spacial score (nSPS) is 13.4. The number of aromatic nitrogens is 2. The Hall–Kier alpha value is -5.97. The third-order valence-electron chi connectivity index (χ3n) is 11.2. The standard InChI is InChI=1S/C48H29N2OPS2/c51-52(31-12-2-1-3-13-31,50-40-19-9-5-15-34(40)36-27-29-44-46(48(36)50)38-17-7-11-21-42(38)54-44)32-24-22-30(23-25-32)49-39-18-8-4-14-33(39)35-26-28-43-45(47(35)49)37-16-6-10-20-41(37)53-43/h1-29H. The molecule has 4 heterocycles. The number of nitrogens with zero attached hydrogens (tertiary/aromatic N) is 2. The topological polar surface area (TPSA) is 26.9 Å². The Balaban J connectivity index is 1.17. The van der Waals surface area contributed by atoms with Gasteiger partial charge in [-0.15, -0.1) is 22.7 Å². The van der Waals surface area contributed by atoms with Crippen molar-refractivity contribution in [3.8, 4) is 5.69 Å². The van der Waals surface area contributed by atoms with Gasteiger partial charge in [-0.2, -0.15) is 0 Å². The molecule has 0 saturated heterocycles. The third kappa shape index (κ3) is 4.04. The van der Waals surface area contributed by atoms with Crippen LogP contribution in [0, 0.1) is 0 Å². The van der Waals surface area contributed by atoms with Gasteiger partial charge in [0, 0.05) is 78.2 Å². The minimum absolute atomic E-state index is 0.795. The lowest BCUT2D eigenvalue weighted by Gasteiger charge is -2.24. The average molecular weight is 745 g/mol. The van der Waals surface area contributed by atoms with Crippen LogP contribution in [0.3, 0.4) is 0 Å². The predicted molar refractivity (Wildman–Crippen MR) is 235 cm³/mol. The largest absolute Gasteiger partial charge is 0.309 e. The fraction of sp³-hybridized carbons (Fsp3) is 0. The van der Waals surface area contributed by atoms with Crippen LogP contribution in [0.2, 0.25) is 0 Å². The van der Waals surface area contributed by atoms with Crippen LogP contribution < -0.4 is 10.6 Å². The van der Waals surface area contributed by atoms with Crippen LogP contribution in [0.25, 0.3) is 89.6 Å². The molecule has 0 spiro atoms. The zero-order valence-corrected chi connectivity index (χ0v) is 31.3.